The topological polar surface area (TPSA) is 21.7 Å². The minimum absolute atomic E-state index is 0.141. The molecule has 1 atom stereocenters. The first-order chi connectivity index (χ1) is 14.8. The van der Waals surface area contributed by atoms with Crippen LogP contribution in [0.3, 0.4) is 0 Å². The summed E-state index contributed by atoms with van der Waals surface area (Å²) in [6.07, 6.45) is 3.85. The maximum atomic E-state index is 7.08. The molecule has 1 heterocycles. The summed E-state index contributed by atoms with van der Waals surface area (Å²) in [6.45, 7) is 16.0. The van der Waals surface area contributed by atoms with Gasteiger partial charge in [0.1, 0.15) is 6.10 Å². The van der Waals surface area contributed by atoms with Gasteiger partial charge in [0.2, 0.25) is 0 Å². The Bertz CT molecular complexity index is 793. The Morgan fingerprint density at radius 3 is 1.61 bits per heavy atom. The van der Waals surface area contributed by atoms with E-state index in [0.717, 1.165) is 31.2 Å². The molecule has 0 fully saturated rings. The molecular formula is C28H41NO2. The van der Waals surface area contributed by atoms with Crippen molar-refractivity contribution < 1.29 is 9.57 Å². The molecule has 2 aromatic rings. The van der Waals surface area contributed by atoms with E-state index in [1.165, 1.54) is 11.1 Å². The van der Waals surface area contributed by atoms with Crippen LogP contribution in [0.25, 0.3) is 0 Å². The number of hydrogen-bond acceptors (Lipinski definition) is 3. The van der Waals surface area contributed by atoms with Gasteiger partial charge in [-0.25, -0.2) is 0 Å². The summed E-state index contributed by atoms with van der Waals surface area (Å²) in [5.41, 5.74) is 3.50. The number of hydroxylamine groups is 2. The van der Waals surface area contributed by atoms with Crippen molar-refractivity contribution in [3.05, 3.63) is 71.3 Å². The van der Waals surface area contributed by atoms with E-state index in [1.807, 2.05) is 0 Å². The smallest absolute Gasteiger partial charge is 0.128 e. The van der Waals surface area contributed by atoms with E-state index < -0.39 is 0 Å². The third-order valence-electron chi connectivity index (χ3n) is 7.12. The second-order valence-electron chi connectivity index (χ2n) is 9.75. The summed E-state index contributed by atoms with van der Waals surface area (Å²) >= 11 is 0. The molecule has 0 amide bonds. The van der Waals surface area contributed by atoms with Crippen molar-refractivity contribution in [3.8, 4) is 0 Å². The Labute approximate surface area is 189 Å². The molecule has 1 unspecified atom stereocenters. The Morgan fingerprint density at radius 1 is 0.742 bits per heavy atom. The molecule has 1 aliphatic heterocycles. The van der Waals surface area contributed by atoms with Crippen molar-refractivity contribution in [2.45, 2.75) is 96.9 Å². The van der Waals surface area contributed by atoms with Crippen LogP contribution in [0.15, 0.2) is 54.6 Å². The fourth-order valence-corrected chi connectivity index (χ4v) is 5.27. The Morgan fingerprint density at radius 2 is 1.19 bits per heavy atom. The normalized spacial score (nSPS) is 18.7. The van der Waals surface area contributed by atoms with Crippen LogP contribution in [0, 0.1) is 0 Å². The fraction of sp³-hybridized carbons (Fsp3) is 0.571. The van der Waals surface area contributed by atoms with Crippen molar-refractivity contribution in [2.24, 2.45) is 0 Å². The van der Waals surface area contributed by atoms with Crippen molar-refractivity contribution >= 4 is 0 Å². The van der Waals surface area contributed by atoms with E-state index >= 15 is 0 Å². The number of fused-ring (bicyclic) bond motifs is 1. The highest BCUT2D eigenvalue weighted by Crippen LogP contribution is 2.56. The van der Waals surface area contributed by atoms with Crippen molar-refractivity contribution in [1.82, 2.24) is 5.06 Å². The maximum absolute atomic E-state index is 7.08. The lowest BCUT2D eigenvalue weighted by Gasteiger charge is -2.47. The summed E-state index contributed by atoms with van der Waals surface area (Å²) in [7, 11) is 0. The molecule has 0 saturated carbocycles. The maximum Gasteiger partial charge on any atom is 0.128 e. The third-order valence-corrected chi connectivity index (χ3v) is 7.12. The standard InChI is InChI=1S/C28H41NO2/c1-8-27(9-2)23-19-15-16-20-24(23)28(10-3,11-4)29(27)31-25(21-30-26(5,6)7)22-17-13-12-14-18-22/h12-20,25H,8-11,21H2,1-7H3. The fourth-order valence-electron chi connectivity index (χ4n) is 5.27. The Balaban J connectivity index is 2.09. The lowest BCUT2D eigenvalue weighted by molar-refractivity contribution is -0.316. The summed E-state index contributed by atoms with van der Waals surface area (Å²) in [5, 5.41) is 2.38. The molecular weight excluding hydrogens is 382 g/mol. The highest BCUT2D eigenvalue weighted by molar-refractivity contribution is 5.44. The summed E-state index contributed by atoms with van der Waals surface area (Å²) < 4.78 is 6.25. The van der Waals surface area contributed by atoms with Crippen LogP contribution in [-0.4, -0.2) is 17.3 Å². The number of benzene rings is 2. The van der Waals surface area contributed by atoms with Crippen LogP contribution in [0.5, 0.6) is 0 Å². The predicted octanol–water partition coefficient (Wildman–Crippen LogP) is 7.52. The predicted molar refractivity (Wildman–Crippen MR) is 129 cm³/mol. The van der Waals surface area contributed by atoms with E-state index in [0.29, 0.717) is 6.61 Å². The molecule has 3 nitrogen and oxygen atoms in total. The quantitative estimate of drug-likeness (QED) is 0.416. The minimum Gasteiger partial charge on any atom is -0.373 e. The van der Waals surface area contributed by atoms with Crippen LogP contribution in [0.2, 0.25) is 0 Å². The average Bonchev–Trinajstić information content (AvgIpc) is 3.02. The molecule has 0 saturated heterocycles. The molecule has 31 heavy (non-hydrogen) atoms. The minimum atomic E-state index is -0.219. The van der Waals surface area contributed by atoms with Gasteiger partial charge in [-0.2, -0.15) is 5.06 Å². The van der Waals surface area contributed by atoms with Gasteiger partial charge in [0.05, 0.1) is 23.3 Å². The van der Waals surface area contributed by atoms with E-state index in [9.17, 15) is 0 Å². The Kier molecular flexibility index (Phi) is 7.30. The molecule has 0 N–H and O–H groups in total. The number of hydrogen-bond donors (Lipinski definition) is 0. The summed E-state index contributed by atoms with van der Waals surface area (Å²) in [6, 6.07) is 19.5. The van der Waals surface area contributed by atoms with Crippen LogP contribution in [-0.2, 0) is 20.7 Å². The Hall–Kier alpha value is -1.68. The van der Waals surface area contributed by atoms with E-state index in [2.05, 4.69) is 108 Å². The highest BCUT2D eigenvalue weighted by Gasteiger charge is 2.57. The van der Waals surface area contributed by atoms with Gasteiger partial charge in [0.15, 0.2) is 0 Å². The summed E-state index contributed by atoms with van der Waals surface area (Å²) in [5.74, 6) is 0. The molecule has 0 radical (unpaired) electrons. The first-order valence-electron chi connectivity index (χ1n) is 12.0. The van der Waals surface area contributed by atoms with E-state index in [-0.39, 0.29) is 22.8 Å². The largest absolute Gasteiger partial charge is 0.373 e. The van der Waals surface area contributed by atoms with Gasteiger partial charge in [-0.3, -0.25) is 4.84 Å². The van der Waals surface area contributed by atoms with Gasteiger partial charge in [-0.15, -0.1) is 0 Å². The van der Waals surface area contributed by atoms with Crippen LogP contribution in [0.1, 0.15) is 96.9 Å². The van der Waals surface area contributed by atoms with Gasteiger partial charge in [0, 0.05) is 0 Å². The molecule has 0 aliphatic carbocycles. The first-order valence-corrected chi connectivity index (χ1v) is 12.0. The zero-order valence-corrected chi connectivity index (χ0v) is 20.6. The number of nitrogens with zero attached hydrogens (tertiary/aromatic N) is 1. The van der Waals surface area contributed by atoms with Gasteiger partial charge < -0.3 is 4.74 Å². The van der Waals surface area contributed by atoms with Gasteiger partial charge >= 0.3 is 0 Å². The lowest BCUT2D eigenvalue weighted by Crippen LogP contribution is -2.51. The van der Waals surface area contributed by atoms with Crippen molar-refractivity contribution in [1.29, 1.82) is 0 Å². The first kappa shape index (κ1) is 24.0. The van der Waals surface area contributed by atoms with E-state index in [4.69, 9.17) is 9.57 Å². The second kappa shape index (κ2) is 9.44. The second-order valence-corrected chi connectivity index (χ2v) is 9.75. The zero-order valence-electron chi connectivity index (χ0n) is 20.6. The van der Waals surface area contributed by atoms with Crippen LogP contribution in [0.4, 0.5) is 0 Å². The molecule has 2 aromatic carbocycles. The highest BCUT2D eigenvalue weighted by atomic mass is 16.7. The SMILES string of the molecule is CCC1(CC)c2ccccc2C(CC)(CC)N1OC(COC(C)(C)C)c1ccccc1. The molecule has 3 rings (SSSR count). The molecule has 1 aliphatic rings. The number of ether oxygens (including phenoxy) is 1. The van der Waals surface area contributed by atoms with Crippen LogP contribution >= 0.6 is 0 Å². The molecule has 3 heteroatoms. The average molecular weight is 424 g/mol. The van der Waals surface area contributed by atoms with Gasteiger partial charge in [-0.1, -0.05) is 82.3 Å². The van der Waals surface area contributed by atoms with Gasteiger partial charge in [0.25, 0.3) is 0 Å². The third kappa shape index (κ3) is 4.33. The summed E-state index contributed by atoms with van der Waals surface area (Å²) in [4.78, 5) is 7.08. The van der Waals surface area contributed by atoms with Crippen molar-refractivity contribution in [2.75, 3.05) is 6.61 Å². The molecule has 0 bridgehead atoms. The lowest BCUT2D eigenvalue weighted by atomic mass is 9.83. The van der Waals surface area contributed by atoms with Crippen molar-refractivity contribution in [3.63, 3.8) is 0 Å². The van der Waals surface area contributed by atoms with E-state index in [1.54, 1.807) is 0 Å². The number of rotatable bonds is 9. The van der Waals surface area contributed by atoms with Crippen LogP contribution < -0.4 is 0 Å². The van der Waals surface area contributed by atoms with Gasteiger partial charge in [-0.05, 0) is 63.1 Å². The molecule has 0 aromatic heterocycles. The molecule has 170 valence electrons. The zero-order chi connectivity index (χ0) is 22.7. The monoisotopic (exact) mass is 423 g/mol. The molecule has 0 spiro atoms.